The molecule has 1 saturated heterocycles. The van der Waals surface area contributed by atoms with E-state index in [1.807, 2.05) is 0 Å². The first kappa shape index (κ1) is 23.9. The lowest BCUT2D eigenvalue weighted by Gasteiger charge is -2.26. The maximum absolute atomic E-state index is 13.1. The molecule has 0 spiro atoms. The lowest BCUT2D eigenvalue weighted by Crippen LogP contribution is -2.47. The molecule has 1 unspecified atom stereocenters. The number of sulfonamides is 1. The number of carbonyl (C=O) groups excluding carboxylic acids is 2. The number of nitrogens with zero attached hydrogens (tertiary/aromatic N) is 1. The topological polar surface area (TPSA) is 95.6 Å². The van der Waals surface area contributed by atoms with E-state index in [2.05, 4.69) is 10.6 Å². The fraction of sp³-hybridized carbons (Fsp3) is 0.391. The third-order valence-corrected chi connectivity index (χ3v) is 7.29. The number of carbonyl (C=O) groups is 2. The predicted octanol–water partition coefficient (Wildman–Crippen LogP) is 3.39. The van der Waals surface area contributed by atoms with Crippen molar-refractivity contribution in [2.24, 2.45) is 5.92 Å². The molecule has 1 aliphatic heterocycles. The molecule has 2 aromatic rings. The summed E-state index contributed by atoms with van der Waals surface area (Å²) in [7, 11) is -3.63. The molecule has 0 aliphatic carbocycles. The van der Waals surface area contributed by atoms with E-state index < -0.39 is 33.7 Å². The summed E-state index contributed by atoms with van der Waals surface area (Å²) < 4.78 is 40.4. The number of hydrogen-bond acceptors (Lipinski definition) is 4. The zero-order valence-electron chi connectivity index (χ0n) is 18.2. The zero-order chi connectivity index (χ0) is 23.3. The lowest BCUT2D eigenvalue weighted by molar-refractivity contribution is -0.118. The minimum Gasteiger partial charge on any atom is -0.340 e. The van der Waals surface area contributed by atoms with Gasteiger partial charge in [-0.05, 0) is 61.2 Å². The van der Waals surface area contributed by atoms with Crippen LogP contribution in [0.25, 0.3) is 0 Å². The van der Waals surface area contributed by atoms with Gasteiger partial charge in [0.25, 0.3) is 5.91 Å². The van der Waals surface area contributed by atoms with E-state index in [1.54, 1.807) is 26.0 Å². The van der Waals surface area contributed by atoms with Gasteiger partial charge in [-0.1, -0.05) is 26.3 Å². The summed E-state index contributed by atoms with van der Waals surface area (Å²) in [6.07, 6.45) is 2.68. The van der Waals surface area contributed by atoms with Gasteiger partial charge in [-0.2, -0.15) is 4.31 Å². The third-order valence-electron chi connectivity index (χ3n) is 5.40. The molecule has 1 aliphatic rings. The van der Waals surface area contributed by atoms with Gasteiger partial charge in [-0.3, -0.25) is 9.59 Å². The van der Waals surface area contributed by atoms with Crippen LogP contribution in [0.5, 0.6) is 0 Å². The normalized spacial score (nSPS) is 15.9. The van der Waals surface area contributed by atoms with Crippen LogP contribution in [0, 0.1) is 11.7 Å². The molecule has 2 amide bonds. The number of benzene rings is 2. The van der Waals surface area contributed by atoms with Crippen molar-refractivity contribution in [3.05, 3.63) is 59.9 Å². The van der Waals surface area contributed by atoms with Crippen molar-refractivity contribution in [3.63, 3.8) is 0 Å². The number of anilines is 1. The molecular weight excluding hydrogens is 433 g/mol. The molecule has 2 aromatic carbocycles. The van der Waals surface area contributed by atoms with Crippen LogP contribution in [0.1, 0.15) is 43.5 Å². The fourth-order valence-electron chi connectivity index (χ4n) is 3.57. The summed E-state index contributed by atoms with van der Waals surface area (Å²) in [6.45, 7) is 4.55. The molecule has 9 heteroatoms. The van der Waals surface area contributed by atoms with E-state index >= 15 is 0 Å². The highest BCUT2D eigenvalue weighted by atomic mass is 32.2. The predicted molar refractivity (Wildman–Crippen MR) is 120 cm³/mol. The van der Waals surface area contributed by atoms with Gasteiger partial charge in [0.2, 0.25) is 15.9 Å². The highest BCUT2D eigenvalue weighted by Gasteiger charge is 2.28. The molecule has 0 aromatic heterocycles. The molecule has 2 N–H and O–H groups in total. The second-order valence-corrected chi connectivity index (χ2v) is 10.1. The lowest BCUT2D eigenvalue weighted by atomic mass is 10.0. The third kappa shape index (κ3) is 5.72. The molecule has 3 rings (SSSR count). The standard InChI is InChI=1S/C23H28FN3O4S/c1-16(2)21(26-22(28)17-9-11-18(24)12-10-17)23(29)25-19-7-6-8-20(15-19)32(30,31)27-13-4-3-5-14-27/h6-12,15-16,21H,3-5,13-14H2,1-2H3,(H,25,29)(H,26,28). The van der Waals surface area contributed by atoms with Crippen molar-refractivity contribution in [1.29, 1.82) is 0 Å². The highest BCUT2D eigenvalue weighted by Crippen LogP contribution is 2.23. The average Bonchev–Trinajstić information content (AvgIpc) is 2.78. The number of hydrogen-bond donors (Lipinski definition) is 2. The van der Waals surface area contributed by atoms with Gasteiger partial charge in [0.05, 0.1) is 4.90 Å². The van der Waals surface area contributed by atoms with Crippen LogP contribution in [-0.4, -0.2) is 43.7 Å². The SMILES string of the molecule is CC(C)C(NC(=O)c1ccc(F)cc1)C(=O)Nc1cccc(S(=O)(=O)N2CCCCC2)c1. The van der Waals surface area contributed by atoms with Gasteiger partial charge in [0, 0.05) is 24.3 Å². The maximum atomic E-state index is 13.1. The van der Waals surface area contributed by atoms with E-state index in [9.17, 15) is 22.4 Å². The number of piperidine rings is 1. The Morgan fingerprint density at radius 1 is 1.00 bits per heavy atom. The van der Waals surface area contributed by atoms with Crippen molar-refractivity contribution >= 4 is 27.5 Å². The van der Waals surface area contributed by atoms with Gasteiger partial charge in [0.1, 0.15) is 11.9 Å². The summed E-state index contributed by atoms with van der Waals surface area (Å²) in [5, 5.41) is 5.38. The van der Waals surface area contributed by atoms with Gasteiger partial charge >= 0.3 is 0 Å². The van der Waals surface area contributed by atoms with Crippen molar-refractivity contribution in [2.45, 2.75) is 44.0 Å². The Kier molecular flexibility index (Phi) is 7.63. The summed E-state index contributed by atoms with van der Waals surface area (Å²) in [4.78, 5) is 25.5. The summed E-state index contributed by atoms with van der Waals surface area (Å²) in [5.41, 5.74) is 0.564. The average molecular weight is 462 g/mol. The molecule has 1 heterocycles. The van der Waals surface area contributed by atoms with Crippen LogP contribution < -0.4 is 10.6 Å². The molecule has 1 fully saturated rings. The number of nitrogens with one attached hydrogen (secondary N) is 2. The monoisotopic (exact) mass is 461 g/mol. The first-order chi connectivity index (χ1) is 15.2. The van der Waals surface area contributed by atoms with E-state index in [0.29, 0.717) is 18.8 Å². The minimum atomic E-state index is -3.63. The molecule has 0 radical (unpaired) electrons. The van der Waals surface area contributed by atoms with E-state index in [-0.39, 0.29) is 16.4 Å². The molecule has 7 nitrogen and oxygen atoms in total. The van der Waals surface area contributed by atoms with Gasteiger partial charge in [-0.25, -0.2) is 12.8 Å². The molecule has 32 heavy (non-hydrogen) atoms. The Bertz CT molecular complexity index is 1060. The van der Waals surface area contributed by atoms with Crippen molar-refractivity contribution in [2.75, 3.05) is 18.4 Å². The van der Waals surface area contributed by atoms with Crippen LogP contribution in [0.15, 0.2) is 53.4 Å². The first-order valence-corrected chi connectivity index (χ1v) is 12.1. The Balaban J connectivity index is 1.73. The Morgan fingerprint density at radius 3 is 2.28 bits per heavy atom. The Hall–Kier alpha value is -2.78. The van der Waals surface area contributed by atoms with Gasteiger partial charge in [0.15, 0.2) is 0 Å². The second-order valence-electron chi connectivity index (χ2n) is 8.18. The maximum Gasteiger partial charge on any atom is 0.251 e. The Labute approximate surface area is 188 Å². The summed E-state index contributed by atoms with van der Waals surface area (Å²) in [6, 6.07) is 10.3. The molecule has 172 valence electrons. The molecule has 1 atom stereocenters. The van der Waals surface area contributed by atoms with Crippen LogP contribution >= 0.6 is 0 Å². The van der Waals surface area contributed by atoms with Crippen LogP contribution in [0.4, 0.5) is 10.1 Å². The second kappa shape index (κ2) is 10.2. The fourth-order valence-corrected chi connectivity index (χ4v) is 5.13. The first-order valence-electron chi connectivity index (χ1n) is 10.7. The van der Waals surface area contributed by atoms with Gasteiger partial charge in [-0.15, -0.1) is 0 Å². The van der Waals surface area contributed by atoms with Gasteiger partial charge < -0.3 is 10.6 Å². The number of amides is 2. The quantitative estimate of drug-likeness (QED) is 0.661. The van der Waals surface area contributed by atoms with Crippen molar-refractivity contribution < 1.29 is 22.4 Å². The van der Waals surface area contributed by atoms with Crippen LogP contribution in [0.3, 0.4) is 0 Å². The van der Waals surface area contributed by atoms with Crippen molar-refractivity contribution in [1.82, 2.24) is 9.62 Å². The molecular formula is C23H28FN3O4S. The largest absolute Gasteiger partial charge is 0.340 e. The summed E-state index contributed by atoms with van der Waals surface area (Å²) in [5.74, 6) is -1.66. The highest BCUT2D eigenvalue weighted by molar-refractivity contribution is 7.89. The van der Waals surface area contributed by atoms with Crippen LogP contribution in [0.2, 0.25) is 0 Å². The Morgan fingerprint density at radius 2 is 1.66 bits per heavy atom. The number of rotatable bonds is 7. The minimum absolute atomic E-state index is 0.119. The van der Waals surface area contributed by atoms with Crippen LogP contribution in [-0.2, 0) is 14.8 Å². The smallest absolute Gasteiger partial charge is 0.251 e. The van der Waals surface area contributed by atoms with E-state index in [4.69, 9.17) is 0 Å². The number of halogens is 1. The molecule has 0 bridgehead atoms. The van der Waals surface area contributed by atoms with E-state index in [1.165, 1.54) is 40.7 Å². The zero-order valence-corrected chi connectivity index (χ0v) is 19.0. The molecule has 0 saturated carbocycles. The van der Waals surface area contributed by atoms with E-state index in [0.717, 1.165) is 19.3 Å². The van der Waals surface area contributed by atoms with Crippen molar-refractivity contribution in [3.8, 4) is 0 Å². The summed E-state index contributed by atoms with van der Waals surface area (Å²) >= 11 is 0.